The van der Waals surface area contributed by atoms with Crippen LogP contribution in [0.4, 0.5) is 0 Å². The Labute approximate surface area is 175 Å². The van der Waals surface area contributed by atoms with E-state index in [-0.39, 0.29) is 29.4 Å². The molecule has 1 fully saturated rings. The fraction of sp³-hybridized carbons (Fsp3) is 0.789. The van der Waals surface area contributed by atoms with E-state index in [2.05, 4.69) is 74.0 Å². The van der Waals surface area contributed by atoms with Crippen LogP contribution >= 0.6 is 24.0 Å². The van der Waals surface area contributed by atoms with E-state index in [1.54, 1.807) is 0 Å². The molecule has 1 aromatic heterocycles. The van der Waals surface area contributed by atoms with Gasteiger partial charge in [-0.3, -0.25) is 4.90 Å². The van der Waals surface area contributed by atoms with Crippen molar-refractivity contribution in [2.24, 2.45) is 10.9 Å². The van der Waals surface area contributed by atoms with Gasteiger partial charge in [-0.05, 0) is 26.7 Å². The normalized spacial score (nSPS) is 21.8. The van der Waals surface area contributed by atoms with Crippen LogP contribution in [0.25, 0.3) is 0 Å². The summed E-state index contributed by atoms with van der Waals surface area (Å²) in [6.45, 7) is 18.7. The first-order valence-electron chi connectivity index (χ1n) is 9.44. The first kappa shape index (κ1) is 23.2. The number of hydrogen-bond donors (Lipinski definition) is 2. The van der Waals surface area contributed by atoms with Crippen LogP contribution in [0.1, 0.15) is 60.1 Å². The first-order valence-corrected chi connectivity index (χ1v) is 9.44. The average Bonchev–Trinajstić information content (AvgIpc) is 3.12. The molecule has 1 saturated heterocycles. The van der Waals surface area contributed by atoms with Gasteiger partial charge in [0.15, 0.2) is 5.96 Å². The molecule has 150 valence electrons. The minimum Gasteiger partial charge on any atom is -0.443 e. The third-order valence-corrected chi connectivity index (χ3v) is 4.70. The second-order valence-corrected chi connectivity index (χ2v) is 8.34. The molecule has 0 amide bonds. The molecule has 0 aliphatic carbocycles. The highest BCUT2D eigenvalue weighted by Gasteiger charge is 2.31. The molecular weight excluding hydrogens is 441 g/mol. The molecule has 2 rings (SSSR count). The highest BCUT2D eigenvalue weighted by atomic mass is 127. The van der Waals surface area contributed by atoms with E-state index >= 15 is 0 Å². The Bertz CT molecular complexity index is 579. The maximum absolute atomic E-state index is 5.83. The number of guanidine groups is 1. The zero-order valence-corrected chi connectivity index (χ0v) is 19.6. The summed E-state index contributed by atoms with van der Waals surface area (Å²) >= 11 is 0. The van der Waals surface area contributed by atoms with Crippen molar-refractivity contribution in [2.75, 3.05) is 19.6 Å². The quantitative estimate of drug-likeness (QED) is 0.387. The Balaban J connectivity index is 0.00000338. The van der Waals surface area contributed by atoms with Gasteiger partial charge in [0.2, 0.25) is 5.89 Å². The molecule has 0 aromatic carbocycles. The summed E-state index contributed by atoms with van der Waals surface area (Å²) in [5.41, 5.74) is -0.0305. The monoisotopic (exact) mass is 477 g/mol. The number of hydrogen-bond acceptors (Lipinski definition) is 4. The van der Waals surface area contributed by atoms with E-state index in [1.165, 1.54) is 0 Å². The average molecular weight is 477 g/mol. The minimum atomic E-state index is -0.0305. The fourth-order valence-corrected chi connectivity index (χ4v) is 2.99. The Morgan fingerprint density at radius 3 is 2.58 bits per heavy atom. The number of rotatable bonds is 5. The van der Waals surface area contributed by atoms with E-state index in [1.807, 2.05) is 6.20 Å². The van der Waals surface area contributed by atoms with E-state index in [0.29, 0.717) is 30.4 Å². The van der Waals surface area contributed by atoms with Crippen molar-refractivity contribution >= 4 is 29.9 Å². The molecule has 1 aliphatic heterocycles. The molecule has 0 radical (unpaired) electrons. The molecular formula is C19H36IN5O. The summed E-state index contributed by atoms with van der Waals surface area (Å²) in [6.07, 6.45) is 1.81. The van der Waals surface area contributed by atoms with Gasteiger partial charge in [-0.25, -0.2) is 9.98 Å². The van der Waals surface area contributed by atoms with E-state index in [9.17, 15) is 0 Å². The van der Waals surface area contributed by atoms with Crippen LogP contribution in [-0.4, -0.2) is 47.6 Å². The van der Waals surface area contributed by atoms with Gasteiger partial charge in [0.25, 0.3) is 0 Å². The van der Waals surface area contributed by atoms with Gasteiger partial charge in [0.05, 0.1) is 6.20 Å². The third-order valence-electron chi connectivity index (χ3n) is 4.70. The molecule has 0 spiro atoms. The van der Waals surface area contributed by atoms with Crippen LogP contribution < -0.4 is 10.6 Å². The van der Waals surface area contributed by atoms with Crippen LogP contribution in [0.3, 0.4) is 0 Å². The van der Waals surface area contributed by atoms with Crippen LogP contribution in [0.15, 0.2) is 15.6 Å². The van der Waals surface area contributed by atoms with Gasteiger partial charge in [0, 0.05) is 37.1 Å². The molecule has 2 N–H and O–H groups in total. The molecule has 2 unspecified atom stereocenters. The molecule has 6 nitrogen and oxygen atoms in total. The Morgan fingerprint density at radius 1 is 1.38 bits per heavy atom. The van der Waals surface area contributed by atoms with Crippen molar-refractivity contribution in [1.29, 1.82) is 0 Å². The Hall–Kier alpha value is -0.830. The minimum absolute atomic E-state index is 0. The summed E-state index contributed by atoms with van der Waals surface area (Å²) in [7, 11) is 0. The summed E-state index contributed by atoms with van der Waals surface area (Å²) in [5, 5.41) is 6.92. The van der Waals surface area contributed by atoms with Crippen LogP contribution in [0, 0.1) is 5.92 Å². The van der Waals surface area contributed by atoms with Gasteiger partial charge in [-0.1, -0.05) is 27.7 Å². The van der Waals surface area contributed by atoms with Crippen molar-refractivity contribution in [3.05, 3.63) is 17.8 Å². The van der Waals surface area contributed by atoms with Gasteiger partial charge < -0.3 is 15.1 Å². The third kappa shape index (κ3) is 6.40. The van der Waals surface area contributed by atoms with Crippen molar-refractivity contribution in [3.63, 3.8) is 0 Å². The van der Waals surface area contributed by atoms with Gasteiger partial charge >= 0.3 is 0 Å². The largest absolute Gasteiger partial charge is 0.443 e. The van der Waals surface area contributed by atoms with E-state index in [4.69, 9.17) is 4.42 Å². The van der Waals surface area contributed by atoms with Crippen LogP contribution in [0.2, 0.25) is 0 Å². The Kier molecular flexibility index (Phi) is 8.85. The number of oxazole rings is 1. The smallest absolute Gasteiger partial charge is 0.216 e. The van der Waals surface area contributed by atoms with Gasteiger partial charge in [0.1, 0.15) is 12.3 Å². The lowest BCUT2D eigenvalue weighted by Crippen LogP contribution is -2.46. The number of aliphatic imine (C=N–C) groups is 1. The summed E-state index contributed by atoms with van der Waals surface area (Å²) in [6, 6.07) is 0.992. The first-order chi connectivity index (χ1) is 11.7. The predicted octanol–water partition coefficient (Wildman–Crippen LogP) is 3.37. The summed E-state index contributed by atoms with van der Waals surface area (Å²) in [5.74, 6) is 2.99. The molecule has 26 heavy (non-hydrogen) atoms. The van der Waals surface area contributed by atoms with Gasteiger partial charge in [-0.2, -0.15) is 0 Å². The van der Waals surface area contributed by atoms with Crippen molar-refractivity contribution < 1.29 is 4.42 Å². The van der Waals surface area contributed by atoms with Gasteiger partial charge in [-0.15, -0.1) is 24.0 Å². The van der Waals surface area contributed by atoms with E-state index < -0.39 is 0 Å². The lowest BCUT2D eigenvalue weighted by molar-refractivity contribution is 0.265. The molecule has 2 heterocycles. The number of nitrogens with zero attached hydrogens (tertiary/aromatic N) is 3. The SMILES string of the molecule is CCNC(=NCc1ncc(C(C)(C)C)o1)NC1CN(C(C)C)CC1C.I. The molecule has 0 saturated carbocycles. The second-order valence-electron chi connectivity index (χ2n) is 8.34. The lowest BCUT2D eigenvalue weighted by Gasteiger charge is -2.21. The molecule has 7 heteroatoms. The van der Waals surface area contributed by atoms with Crippen molar-refractivity contribution in [1.82, 2.24) is 20.5 Å². The number of likely N-dealkylation sites (tertiary alicyclic amines) is 1. The lowest BCUT2D eigenvalue weighted by atomic mass is 9.94. The van der Waals surface area contributed by atoms with Crippen molar-refractivity contribution in [2.45, 2.75) is 72.5 Å². The second kappa shape index (κ2) is 9.92. The van der Waals surface area contributed by atoms with Crippen LogP contribution in [-0.2, 0) is 12.0 Å². The standard InChI is InChI=1S/C19H35N5O.HI/c1-8-20-18(23-15-12-24(13(2)3)11-14(15)4)22-10-17-21-9-16(25-17)19(5,6)7;/h9,13-15H,8,10-12H2,1-7H3,(H2,20,22,23);1H. The van der Waals surface area contributed by atoms with Crippen molar-refractivity contribution in [3.8, 4) is 0 Å². The topological polar surface area (TPSA) is 65.7 Å². The Morgan fingerprint density at radius 2 is 2.08 bits per heavy atom. The number of aromatic nitrogens is 1. The summed E-state index contributed by atoms with van der Waals surface area (Å²) < 4.78 is 5.83. The maximum Gasteiger partial charge on any atom is 0.216 e. The molecule has 1 aromatic rings. The number of nitrogens with one attached hydrogen (secondary N) is 2. The zero-order valence-electron chi connectivity index (χ0n) is 17.3. The zero-order chi connectivity index (χ0) is 18.6. The predicted molar refractivity (Wildman–Crippen MR) is 118 cm³/mol. The molecule has 0 bridgehead atoms. The summed E-state index contributed by atoms with van der Waals surface area (Å²) in [4.78, 5) is 11.5. The van der Waals surface area contributed by atoms with E-state index in [0.717, 1.165) is 31.4 Å². The molecule has 2 atom stereocenters. The number of halogens is 1. The highest BCUT2D eigenvalue weighted by molar-refractivity contribution is 14.0. The molecule has 1 aliphatic rings. The fourth-order valence-electron chi connectivity index (χ4n) is 2.99. The highest BCUT2D eigenvalue weighted by Crippen LogP contribution is 2.23. The van der Waals surface area contributed by atoms with Crippen LogP contribution in [0.5, 0.6) is 0 Å². The maximum atomic E-state index is 5.83.